The molecule has 4 aliphatic carbocycles. The number of amides is 1. The van der Waals surface area contributed by atoms with Crippen LogP contribution in [-0.2, 0) is 0 Å². The van der Waals surface area contributed by atoms with Gasteiger partial charge in [0.25, 0.3) is 5.91 Å². The van der Waals surface area contributed by atoms with Crippen LogP contribution in [-0.4, -0.2) is 26.2 Å². The van der Waals surface area contributed by atoms with Gasteiger partial charge in [0.05, 0.1) is 14.2 Å². The SMILES string of the molecule is COc1cc(OC)cc(C(=O)NC(C)C23CC4CC(CC(C4)C2)C3)c1. The van der Waals surface area contributed by atoms with Gasteiger partial charge < -0.3 is 14.8 Å². The molecule has 1 unspecified atom stereocenters. The molecular weight excluding hydrogens is 314 g/mol. The molecule has 0 saturated heterocycles. The van der Waals surface area contributed by atoms with Gasteiger partial charge in [-0.2, -0.15) is 0 Å². The Balaban J connectivity index is 1.51. The van der Waals surface area contributed by atoms with E-state index in [4.69, 9.17) is 9.47 Å². The Bertz CT molecular complexity index is 612. The molecule has 4 saturated carbocycles. The highest BCUT2D eigenvalue weighted by molar-refractivity contribution is 5.95. The summed E-state index contributed by atoms with van der Waals surface area (Å²) in [4.78, 5) is 12.9. The maximum absolute atomic E-state index is 12.9. The van der Waals surface area contributed by atoms with Gasteiger partial charge in [0.15, 0.2) is 0 Å². The average molecular weight is 343 g/mol. The molecule has 1 aromatic rings. The fourth-order valence-corrected chi connectivity index (χ4v) is 6.08. The van der Waals surface area contributed by atoms with Crippen molar-refractivity contribution in [2.45, 2.75) is 51.5 Å². The van der Waals surface area contributed by atoms with Gasteiger partial charge in [0.1, 0.15) is 11.5 Å². The minimum atomic E-state index is -0.0274. The third-order valence-electron chi connectivity index (χ3n) is 6.97. The monoisotopic (exact) mass is 343 g/mol. The summed E-state index contributed by atoms with van der Waals surface area (Å²) in [6, 6.07) is 5.57. The van der Waals surface area contributed by atoms with Crippen LogP contribution in [0.25, 0.3) is 0 Å². The predicted octanol–water partition coefficient (Wildman–Crippen LogP) is 4.04. The van der Waals surface area contributed by atoms with E-state index < -0.39 is 0 Å². The molecule has 1 N–H and O–H groups in total. The summed E-state index contributed by atoms with van der Waals surface area (Å²) in [5.74, 6) is 3.94. The molecule has 0 spiro atoms. The molecule has 0 radical (unpaired) electrons. The van der Waals surface area contributed by atoms with E-state index in [0.717, 1.165) is 17.8 Å². The van der Waals surface area contributed by atoms with E-state index in [-0.39, 0.29) is 11.9 Å². The average Bonchev–Trinajstić information content (AvgIpc) is 2.60. The molecule has 5 rings (SSSR count). The number of carbonyl (C=O) groups is 1. The van der Waals surface area contributed by atoms with Gasteiger partial charge in [-0.1, -0.05) is 0 Å². The third-order valence-corrected chi connectivity index (χ3v) is 6.97. The van der Waals surface area contributed by atoms with Crippen LogP contribution in [0.2, 0.25) is 0 Å². The van der Waals surface area contributed by atoms with E-state index in [9.17, 15) is 4.79 Å². The summed E-state index contributed by atoms with van der Waals surface area (Å²) >= 11 is 0. The molecule has 0 aromatic heterocycles. The van der Waals surface area contributed by atoms with Crippen molar-refractivity contribution in [3.05, 3.63) is 23.8 Å². The first-order valence-electron chi connectivity index (χ1n) is 9.55. The zero-order chi connectivity index (χ0) is 17.6. The Morgan fingerprint density at radius 1 is 1.00 bits per heavy atom. The molecule has 0 heterocycles. The van der Waals surface area contributed by atoms with Crippen LogP contribution in [0, 0.1) is 23.2 Å². The molecule has 1 aromatic carbocycles. The number of rotatable bonds is 5. The van der Waals surface area contributed by atoms with E-state index in [2.05, 4.69) is 12.2 Å². The number of hydrogen-bond acceptors (Lipinski definition) is 3. The van der Waals surface area contributed by atoms with Gasteiger partial charge in [-0.05, 0) is 80.8 Å². The number of ether oxygens (including phenoxy) is 2. The minimum absolute atomic E-state index is 0.0274. The molecule has 4 heteroatoms. The van der Waals surface area contributed by atoms with Crippen LogP contribution in [0.3, 0.4) is 0 Å². The summed E-state index contributed by atoms with van der Waals surface area (Å²) in [5.41, 5.74) is 0.917. The van der Waals surface area contributed by atoms with Gasteiger partial charge in [-0.3, -0.25) is 4.79 Å². The summed E-state index contributed by atoms with van der Waals surface area (Å²) in [6.45, 7) is 2.21. The lowest BCUT2D eigenvalue weighted by atomic mass is 9.48. The number of methoxy groups -OCH3 is 2. The van der Waals surface area contributed by atoms with Crippen molar-refractivity contribution in [3.8, 4) is 11.5 Å². The van der Waals surface area contributed by atoms with Gasteiger partial charge >= 0.3 is 0 Å². The first-order chi connectivity index (χ1) is 12.0. The standard InChI is InChI=1S/C21H29NO3/c1-13(21-10-14-4-15(11-21)6-16(5-14)12-21)22-20(23)17-7-18(24-2)9-19(8-17)25-3/h7-9,13-16H,4-6,10-12H2,1-3H3,(H,22,23). The second-order valence-electron chi connectivity index (χ2n) is 8.58. The van der Waals surface area contributed by atoms with Crippen molar-refractivity contribution in [2.75, 3.05) is 14.2 Å². The minimum Gasteiger partial charge on any atom is -0.497 e. The zero-order valence-corrected chi connectivity index (χ0v) is 15.5. The topological polar surface area (TPSA) is 47.6 Å². The molecule has 1 amide bonds. The van der Waals surface area contributed by atoms with Crippen molar-refractivity contribution in [1.82, 2.24) is 5.32 Å². The molecule has 4 nitrogen and oxygen atoms in total. The molecular formula is C21H29NO3. The number of carbonyl (C=O) groups excluding carboxylic acids is 1. The van der Waals surface area contributed by atoms with E-state index in [1.54, 1.807) is 32.4 Å². The summed E-state index contributed by atoms with van der Waals surface area (Å²) in [6.07, 6.45) is 8.15. The van der Waals surface area contributed by atoms with Crippen molar-refractivity contribution < 1.29 is 14.3 Å². The lowest BCUT2D eigenvalue weighted by molar-refractivity contribution is -0.0688. The Morgan fingerprint density at radius 3 is 1.92 bits per heavy atom. The quantitative estimate of drug-likeness (QED) is 0.878. The maximum Gasteiger partial charge on any atom is 0.251 e. The Morgan fingerprint density at radius 2 is 1.48 bits per heavy atom. The molecule has 25 heavy (non-hydrogen) atoms. The predicted molar refractivity (Wildman–Crippen MR) is 97.1 cm³/mol. The summed E-state index contributed by atoms with van der Waals surface area (Å²) < 4.78 is 10.6. The molecule has 1 atom stereocenters. The van der Waals surface area contributed by atoms with Gasteiger partial charge in [0, 0.05) is 17.7 Å². The maximum atomic E-state index is 12.9. The smallest absolute Gasteiger partial charge is 0.251 e. The van der Waals surface area contributed by atoms with Gasteiger partial charge in [-0.25, -0.2) is 0 Å². The van der Waals surface area contributed by atoms with Crippen molar-refractivity contribution >= 4 is 5.91 Å². The highest BCUT2D eigenvalue weighted by Gasteiger charge is 2.53. The van der Waals surface area contributed by atoms with Crippen LogP contribution < -0.4 is 14.8 Å². The number of nitrogens with one attached hydrogen (secondary N) is 1. The molecule has 0 aliphatic heterocycles. The normalized spacial score (nSPS) is 33.8. The molecule has 4 aliphatic rings. The van der Waals surface area contributed by atoms with Crippen LogP contribution in [0.1, 0.15) is 55.8 Å². The second-order valence-corrected chi connectivity index (χ2v) is 8.58. The van der Waals surface area contributed by atoms with Crippen molar-refractivity contribution in [2.24, 2.45) is 23.2 Å². The Kier molecular flexibility index (Phi) is 4.17. The van der Waals surface area contributed by atoms with Crippen LogP contribution in [0.4, 0.5) is 0 Å². The highest BCUT2D eigenvalue weighted by Crippen LogP contribution is 2.61. The molecule has 136 valence electrons. The fraction of sp³-hybridized carbons (Fsp3) is 0.667. The summed E-state index contributed by atoms with van der Waals surface area (Å²) in [7, 11) is 3.21. The van der Waals surface area contributed by atoms with Crippen LogP contribution >= 0.6 is 0 Å². The summed E-state index contributed by atoms with van der Waals surface area (Å²) in [5, 5.41) is 3.31. The van der Waals surface area contributed by atoms with Gasteiger partial charge in [0.2, 0.25) is 0 Å². The second kappa shape index (κ2) is 6.22. The fourth-order valence-electron chi connectivity index (χ4n) is 6.08. The molecule has 4 fully saturated rings. The Labute approximate surface area is 150 Å². The van der Waals surface area contributed by atoms with Crippen LogP contribution in [0.5, 0.6) is 11.5 Å². The van der Waals surface area contributed by atoms with E-state index >= 15 is 0 Å². The first kappa shape index (κ1) is 16.7. The number of hydrogen-bond donors (Lipinski definition) is 1. The molecule has 4 bridgehead atoms. The van der Waals surface area contributed by atoms with E-state index in [1.807, 2.05) is 0 Å². The van der Waals surface area contributed by atoms with Crippen molar-refractivity contribution in [1.29, 1.82) is 0 Å². The van der Waals surface area contributed by atoms with Crippen LogP contribution in [0.15, 0.2) is 18.2 Å². The Hall–Kier alpha value is -1.71. The third kappa shape index (κ3) is 3.00. The first-order valence-corrected chi connectivity index (χ1v) is 9.55. The lowest BCUT2D eigenvalue weighted by Gasteiger charge is -2.59. The van der Waals surface area contributed by atoms with E-state index in [1.165, 1.54) is 38.5 Å². The number of benzene rings is 1. The lowest BCUT2D eigenvalue weighted by Crippen LogP contribution is -2.55. The zero-order valence-electron chi connectivity index (χ0n) is 15.5. The van der Waals surface area contributed by atoms with Gasteiger partial charge in [-0.15, -0.1) is 0 Å². The van der Waals surface area contributed by atoms with E-state index in [0.29, 0.717) is 22.5 Å². The van der Waals surface area contributed by atoms with Crippen molar-refractivity contribution in [3.63, 3.8) is 0 Å². The largest absolute Gasteiger partial charge is 0.497 e. The highest BCUT2D eigenvalue weighted by atomic mass is 16.5.